The lowest BCUT2D eigenvalue weighted by molar-refractivity contribution is -0.881. The van der Waals surface area contributed by atoms with Gasteiger partial charge in [-0.15, -0.1) is 10.2 Å². The maximum absolute atomic E-state index is 13.6. The van der Waals surface area contributed by atoms with Crippen LogP contribution in [0.4, 0.5) is 24.8 Å². The van der Waals surface area contributed by atoms with Crippen LogP contribution in [-0.4, -0.2) is 71.8 Å². The van der Waals surface area contributed by atoms with Crippen molar-refractivity contribution in [2.75, 3.05) is 45.7 Å². The Balaban J connectivity index is 0.00000461. The molecule has 2 aliphatic heterocycles. The van der Waals surface area contributed by atoms with Gasteiger partial charge >= 0.3 is 17.8 Å². The van der Waals surface area contributed by atoms with Crippen molar-refractivity contribution in [3.05, 3.63) is 86.5 Å². The highest BCUT2D eigenvalue weighted by Gasteiger charge is 2.41. The van der Waals surface area contributed by atoms with E-state index >= 15 is 0 Å². The number of carbonyl (C=O) groups excluding carboxylic acids is 1. The molecule has 236 valence electrons. The van der Waals surface area contributed by atoms with Crippen LogP contribution >= 0.6 is 0 Å². The molecule has 0 aliphatic carbocycles. The summed E-state index contributed by atoms with van der Waals surface area (Å²) in [6.07, 6.45) is -4.18. The lowest BCUT2D eigenvalue weighted by Gasteiger charge is -2.36. The highest BCUT2D eigenvalue weighted by Crippen LogP contribution is 2.43. The van der Waals surface area contributed by atoms with Gasteiger partial charge in [-0.3, -0.25) is 4.90 Å². The third kappa shape index (κ3) is 6.52. The molecule has 0 spiro atoms. The van der Waals surface area contributed by atoms with E-state index in [1.54, 1.807) is 25.1 Å². The number of nitrogens with zero attached hydrogens (tertiary/aromatic N) is 8. The predicted molar refractivity (Wildman–Crippen MR) is 153 cm³/mol. The van der Waals surface area contributed by atoms with Gasteiger partial charge in [0.2, 0.25) is 5.95 Å². The number of nitriles is 1. The molecule has 16 heteroatoms. The molecular weight excluding hydrogens is 615 g/mol. The van der Waals surface area contributed by atoms with Gasteiger partial charge < -0.3 is 21.6 Å². The number of hydrogen-bond acceptors (Lipinski definition) is 9. The number of fused-ring (bicyclic) bond motifs is 1. The van der Waals surface area contributed by atoms with Crippen LogP contribution < -0.4 is 23.0 Å². The Bertz CT molecular complexity index is 1820. The minimum Gasteiger partial charge on any atom is -1.00 e. The van der Waals surface area contributed by atoms with Crippen LogP contribution in [0.3, 0.4) is 0 Å². The molecule has 12 nitrogen and oxygen atoms in total. The summed E-state index contributed by atoms with van der Waals surface area (Å²) in [5.74, 6) is -0.788. The molecule has 1 N–H and O–H groups in total. The number of quaternary nitrogens is 1. The molecule has 1 atom stereocenters. The summed E-state index contributed by atoms with van der Waals surface area (Å²) in [6.45, 7) is 3.17. The Hall–Kier alpha value is -4.81. The second kappa shape index (κ2) is 12.7. The number of alkyl halides is 3. The van der Waals surface area contributed by atoms with Crippen molar-refractivity contribution in [3.8, 4) is 6.07 Å². The quantitative estimate of drug-likeness (QED) is 0.288. The maximum atomic E-state index is 13.6. The molecule has 1 aromatic heterocycles. The average molecular weight is 644 g/mol. The number of H-pyrrole nitrogens is 1. The van der Waals surface area contributed by atoms with Gasteiger partial charge in [0.25, 0.3) is 0 Å². The highest BCUT2D eigenvalue weighted by molar-refractivity contribution is 5.93. The molecule has 3 aromatic rings. The van der Waals surface area contributed by atoms with Gasteiger partial charge in [0.1, 0.15) is 24.8 Å². The molecule has 0 saturated heterocycles. The van der Waals surface area contributed by atoms with Crippen molar-refractivity contribution in [3.63, 3.8) is 0 Å². The highest BCUT2D eigenvalue weighted by atomic mass is 35.5. The van der Waals surface area contributed by atoms with E-state index in [0.29, 0.717) is 47.2 Å². The van der Waals surface area contributed by atoms with Crippen molar-refractivity contribution in [1.82, 2.24) is 14.8 Å². The summed E-state index contributed by atoms with van der Waals surface area (Å²) in [5.41, 5.74) is 1.17. The van der Waals surface area contributed by atoms with Gasteiger partial charge in [0.05, 0.1) is 50.5 Å². The maximum Gasteiger partial charge on any atom is 0.416 e. The molecule has 45 heavy (non-hydrogen) atoms. The third-order valence-corrected chi connectivity index (χ3v) is 7.65. The van der Waals surface area contributed by atoms with Crippen LogP contribution in [0, 0.1) is 11.3 Å². The SMILES string of the molecule is COC(=O)C1=C(C)N(c2cccc(C(F)(F)F)c2)c2n[nH]c(=O)n2[C@@H]1c1ccc(C#N)cc1CC[N+](C)(C)CC1=NN=NC1.[Cl-]. The van der Waals surface area contributed by atoms with Crippen LogP contribution in [0.1, 0.15) is 35.2 Å². The summed E-state index contributed by atoms with van der Waals surface area (Å²) in [4.78, 5) is 28.1. The number of esters is 1. The fraction of sp³-hybridized carbons (Fsp3) is 0.345. The van der Waals surface area contributed by atoms with E-state index in [1.165, 1.54) is 28.7 Å². The number of benzene rings is 2. The fourth-order valence-corrected chi connectivity index (χ4v) is 5.55. The lowest BCUT2D eigenvalue weighted by Crippen LogP contribution is -3.00. The Morgan fingerprint density at radius 3 is 2.62 bits per heavy atom. The normalized spacial score (nSPS) is 16.2. The van der Waals surface area contributed by atoms with E-state index < -0.39 is 29.4 Å². The fourth-order valence-electron chi connectivity index (χ4n) is 5.55. The Morgan fingerprint density at radius 2 is 1.98 bits per heavy atom. The molecule has 0 bridgehead atoms. The molecule has 0 radical (unpaired) electrons. The molecule has 0 amide bonds. The van der Waals surface area contributed by atoms with Crippen LogP contribution in [0.25, 0.3) is 0 Å². The zero-order chi connectivity index (χ0) is 31.8. The van der Waals surface area contributed by atoms with E-state index in [0.717, 1.165) is 17.8 Å². The van der Waals surface area contributed by atoms with Gasteiger partial charge in [-0.25, -0.2) is 19.3 Å². The zero-order valence-corrected chi connectivity index (χ0v) is 25.5. The first-order valence-electron chi connectivity index (χ1n) is 13.5. The molecule has 0 unspecified atom stereocenters. The van der Waals surface area contributed by atoms with Crippen molar-refractivity contribution in [2.24, 2.45) is 15.4 Å². The summed E-state index contributed by atoms with van der Waals surface area (Å²) < 4.78 is 47.8. The molecule has 2 aliphatic rings. The average Bonchev–Trinajstić information content (AvgIpc) is 3.63. The minimum atomic E-state index is -4.63. The van der Waals surface area contributed by atoms with E-state index in [4.69, 9.17) is 4.74 Å². The van der Waals surface area contributed by atoms with Crippen molar-refractivity contribution < 1.29 is 39.6 Å². The van der Waals surface area contributed by atoms with E-state index in [-0.39, 0.29) is 35.3 Å². The molecule has 0 saturated carbocycles. The second-order valence-corrected chi connectivity index (χ2v) is 11.1. The van der Waals surface area contributed by atoms with Gasteiger partial charge in [-0.05, 0) is 53.6 Å². The number of likely N-dealkylation sites (N-methyl/N-ethyl adjacent to an activating group) is 1. The number of hydrogen-bond donors (Lipinski definition) is 1. The smallest absolute Gasteiger partial charge is 0.416 e. The van der Waals surface area contributed by atoms with E-state index in [2.05, 4.69) is 31.7 Å². The number of anilines is 2. The van der Waals surface area contributed by atoms with E-state index in [1.807, 2.05) is 14.1 Å². The number of methoxy groups -OCH3 is 1. The second-order valence-electron chi connectivity index (χ2n) is 11.1. The standard InChI is InChI=1S/C29H28F3N9O3.ClH/c1-17-24(26(42)44-4)25(40-27(36-37-28(40)43)39(17)22-7-5-6-20(13-22)29(30,31)32)23-9-8-18(14-33)12-19(23)10-11-41(2,3)16-21-15-34-38-35-21;/h5-9,12-13,25H,10-11,15-16H2,1-4H3;1H/t25-;/m1./s1. The molecular formula is C29H29ClF3N9O3. The largest absolute Gasteiger partial charge is 1.00 e. The Kier molecular flexibility index (Phi) is 9.31. The number of nitrogens with one attached hydrogen (secondary N) is 1. The van der Waals surface area contributed by atoms with Gasteiger partial charge in [-0.1, -0.05) is 12.1 Å². The molecule has 3 heterocycles. The summed E-state index contributed by atoms with van der Waals surface area (Å²) in [6, 6.07) is 10.6. The third-order valence-electron chi connectivity index (χ3n) is 7.65. The first-order valence-corrected chi connectivity index (χ1v) is 13.5. The Morgan fingerprint density at radius 1 is 1.22 bits per heavy atom. The molecule has 2 aromatic carbocycles. The zero-order valence-electron chi connectivity index (χ0n) is 24.8. The number of ether oxygens (including phenoxy) is 1. The molecule has 5 rings (SSSR count). The first kappa shape index (κ1) is 33.1. The monoisotopic (exact) mass is 643 g/mol. The number of aromatic amines is 1. The van der Waals surface area contributed by atoms with Crippen LogP contribution in [0.5, 0.6) is 0 Å². The first-order chi connectivity index (χ1) is 20.8. The molecule has 0 fully saturated rings. The Labute approximate surface area is 262 Å². The van der Waals surface area contributed by atoms with Gasteiger partial charge in [0, 0.05) is 17.8 Å². The van der Waals surface area contributed by atoms with Crippen LogP contribution in [0.2, 0.25) is 0 Å². The predicted octanol–water partition coefficient (Wildman–Crippen LogP) is 1.09. The summed E-state index contributed by atoms with van der Waals surface area (Å²) in [7, 11) is 5.22. The van der Waals surface area contributed by atoms with Crippen molar-refractivity contribution >= 4 is 23.3 Å². The minimum absolute atomic E-state index is 0. The number of carbonyl (C=O) groups is 1. The van der Waals surface area contributed by atoms with Crippen LogP contribution in [0.15, 0.2) is 74.0 Å². The van der Waals surface area contributed by atoms with Gasteiger partial charge in [-0.2, -0.15) is 23.5 Å². The number of aromatic nitrogens is 3. The van der Waals surface area contributed by atoms with Crippen LogP contribution in [-0.2, 0) is 22.1 Å². The van der Waals surface area contributed by atoms with Gasteiger partial charge in [0.15, 0.2) is 0 Å². The number of rotatable bonds is 8. The van der Waals surface area contributed by atoms with Crippen molar-refractivity contribution in [2.45, 2.75) is 25.6 Å². The number of allylic oxidation sites excluding steroid dienone is 1. The number of halogens is 4. The summed E-state index contributed by atoms with van der Waals surface area (Å²) >= 11 is 0. The topological polar surface area (TPSA) is 141 Å². The summed E-state index contributed by atoms with van der Waals surface area (Å²) in [5, 5.41) is 27.9. The lowest BCUT2D eigenvalue weighted by atomic mass is 9.89. The van der Waals surface area contributed by atoms with E-state index in [9.17, 15) is 28.0 Å². The van der Waals surface area contributed by atoms with Crippen molar-refractivity contribution in [1.29, 1.82) is 5.26 Å².